The molecule has 2 rings (SSSR count). The first-order chi connectivity index (χ1) is 11.6. The van der Waals surface area contributed by atoms with Gasteiger partial charge in [-0.2, -0.15) is 0 Å². The molecule has 0 fully saturated rings. The van der Waals surface area contributed by atoms with Crippen LogP contribution in [-0.2, 0) is 4.74 Å². The lowest BCUT2D eigenvalue weighted by atomic mass is 10.2. The fraction of sp³-hybridized carbons (Fsp3) is 0.125. The molecule has 0 unspecified atom stereocenters. The average Bonchev–Trinajstić information content (AvgIpc) is 2.59. The van der Waals surface area contributed by atoms with E-state index in [1.807, 2.05) is 0 Å². The summed E-state index contributed by atoms with van der Waals surface area (Å²) in [5.74, 6) is -0.235. The third-order valence-corrected chi connectivity index (χ3v) is 2.87. The molecule has 124 valence electrons. The quantitative estimate of drug-likeness (QED) is 0.377. The first-order valence-electron chi connectivity index (χ1n) is 6.98. The molecule has 8 heteroatoms. The van der Waals surface area contributed by atoms with E-state index in [9.17, 15) is 19.7 Å². The standard InChI is InChI=1S/C16H14N2O6/c19-15(12-6-8-13(9-7-12)18(21)22)23-11-10-17-16(20)24-14-4-2-1-3-5-14/h1-9H,10-11H2,(H,17,20). The molecular formula is C16H14N2O6. The van der Waals surface area contributed by atoms with E-state index in [1.54, 1.807) is 30.3 Å². The summed E-state index contributed by atoms with van der Waals surface area (Å²) in [4.78, 5) is 33.2. The fourth-order valence-electron chi connectivity index (χ4n) is 1.73. The van der Waals surface area contributed by atoms with Gasteiger partial charge in [0.2, 0.25) is 0 Å². The number of nitrogens with zero attached hydrogens (tertiary/aromatic N) is 1. The molecule has 1 N–H and O–H groups in total. The van der Waals surface area contributed by atoms with Crippen LogP contribution >= 0.6 is 0 Å². The molecule has 0 heterocycles. The molecule has 0 aliphatic carbocycles. The number of nitro benzene ring substituents is 1. The highest BCUT2D eigenvalue weighted by Crippen LogP contribution is 2.12. The molecule has 8 nitrogen and oxygen atoms in total. The normalized spacial score (nSPS) is 9.83. The Hall–Kier alpha value is -3.42. The van der Waals surface area contributed by atoms with E-state index in [4.69, 9.17) is 9.47 Å². The lowest BCUT2D eigenvalue weighted by Crippen LogP contribution is -2.30. The van der Waals surface area contributed by atoms with Crippen molar-refractivity contribution >= 4 is 17.7 Å². The Morgan fingerprint density at radius 2 is 1.71 bits per heavy atom. The minimum Gasteiger partial charge on any atom is -0.460 e. The van der Waals surface area contributed by atoms with E-state index < -0.39 is 17.0 Å². The maximum atomic E-state index is 11.7. The number of nitrogens with one attached hydrogen (secondary N) is 1. The van der Waals surface area contributed by atoms with E-state index in [-0.39, 0.29) is 24.4 Å². The van der Waals surface area contributed by atoms with Crippen molar-refractivity contribution in [1.29, 1.82) is 0 Å². The Balaban J connectivity index is 1.70. The highest BCUT2D eigenvalue weighted by molar-refractivity contribution is 5.89. The van der Waals surface area contributed by atoms with Crippen LogP contribution in [0, 0.1) is 10.1 Å². The molecule has 0 aliphatic heterocycles. The molecular weight excluding hydrogens is 316 g/mol. The number of benzene rings is 2. The molecule has 24 heavy (non-hydrogen) atoms. The molecule has 0 spiro atoms. The molecule has 1 amide bonds. The fourth-order valence-corrected chi connectivity index (χ4v) is 1.73. The second-order valence-electron chi connectivity index (χ2n) is 4.57. The number of carbonyl (C=O) groups is 2. The van der Waals surface area contributed by atoms with E-state index in [0.717, 1.165) is 0 Å². The van der Waals surface area contributed by atoms with Crippen LogP contribution < -0.4 is 10.1 Å². The van der Waals surface area contributed by atoms with Crippen LogP contribution in [0.25, 0.3) is 0 Å². The van der Waals surface area contributed by atoms with Crippen molar-refractivity contribution in [3.63, 3.8) is 0 Å². The van der Waals surface area contributed by atoms with Gasteiger partial charge in [0.15, 0.2) is 0 Å². The number of para-hydroxylation sites is 1. The zero-order chi connectivity index (χ0) is 17.4. The smallest absolute Gasteiger partial charge is 0.412 e. The molecule has 0 aromatic heterocycles. The Morgan fingerprint density at radius 1 is 1.04 bits per heavy atom. The predicted octanol–water partition coefficient (Wildman–Crippen LogP) is 2.54. The van der Waals surface area contributed by atoms with Crippen molar-refractivity contribution in [2.75, 3.05) is 13.2 Å². The Labute approximate surface area is 137 Å². The zero-order valence-electron chi connectivity index (χ0n) is 12.5. The highest BCUT2D eigenvalue weighted by atomic mass is 16.6. The average molecular weight is 330 g/mol. The van der Waals surface area contributed by atoms with E-state index in [2.05, 4.69) is 5.32 Å². The molecule has 0 radical (unpaired) electrons. The number of hydrogen-bond acceptors (Lipinski definition) is 6. The number of hydrogen-bond donors (Lipinski definition) is 1. The Morgan fingerprint density at radius 3 is 2.33 bits per heavy atom. The van der Waals surface area contributed by atoms with Gasteiger partial charge in [0.1, 0.15) is 12.4 Å². The van der Waals surface area contributed by atoms with Gasteiger partial charge in [0.25, 0.3) is 5.69 Å². The predicted molar refractivity (Wildman–Crippen MR) is 83.8 cm³/mol. The Kier molecular flexibility index (Phi) is 5.84. The largest absolute Gasteiger partial charge is 0.460 e. The van der Waals surface area contributed by atoms with Crippen LogP contribution in [0.5, 0.6) is 5.75 Å². The number of ether oxygens (including phenoxy) is 2. The topological polar surface area (TPSA) is 108 Å². The minimum atomic E-state index is -0.660. The summed E-state index contributed by atoms with van der Waals surface area (Å²) in [5.41, 5.74) is 0.0735. The van der Waals surface area contributed by atoms with Gasteiger partial charge in [0.05, 0.1) is 17.0 Å². The molecule has 0 bridgehead atoms. The number of nitro groups is 1. The van der Waals surface area contributed by atoms with Gasteiger partial charge in [-0.15, -0.1) is 0 Å². The van der Waals surface area contributed by atoms with Crippen LogP contribution in [0.2, 0.25) is 0 Å². The van der Waals surface area contributed by atoms with Gasteiger partial charge in [-0.3, -0.25) is 10.1 Å². The van der Waals surface area contributed by atoms with Gasteiger partial charge in [-0.05, 0) is 24.3 Å². The summed E-state index contributed by atoms with van der Waals surface area (Å²) in [6.45, 7) is 0.0180. The van der Waals surface area contributed by atoms with Crippen LogP contribution in [0.15, 0.2) is 54.6 Å². The van der Waals surface area contributed by atoms with Gasteiger partial charge in [-0.25, -0.2) is 9.59 Å². The summed E-state index contributed by atoms with van der Waals surface area (Å²) in [6.07, 6.45) is -0.660. The van der Waals surface area contributed by atoms with Crippen LogP contribution in [0.1, 0.15) is 10.4 Å². The molecule has 0 atom stereocenters. The van der Waals surface area contributed by atoms with Crippen molar-refractivity contribution < 1.29 is 24.0 Å². The zero-order valence-corrected chi connectivity index (χ0v) is 12.5. The monoisotopic (exact) mass is 330 g/mol. The van der Waals surface area contributed by atoms with Crippen molar-refractivity contribution in [3.8, 4) is 5.75 Å². The molecule has 2 aromatic carbocycles. The molecule has 0 aliphatic rings. The second-order valence-corrected chi connectivity index (χ2v) is 4.57. The molecule has 0 saturated carbocycles. The third-order valence-electron chi connectivity index (χ3n) is 2.87. The number of carbonyl (C=O) groups excluding carboxylic acids is 2. The van der Waals surface area contributed by atoms with Crippen molar-refractivity contribution in [2.45, 2.75) is 0 Å². The summed E-state index contributed by atoms with van der Waals surface area (Å²) in [5, 5.41) is 13.0. The molecule has 0 saturated heterocycles. The SMILES string of the molecule is O=C(NCCOC(=O)c1ccc([N+](=O)[O-])cc1)Oc1ccccc1. The van der Waals surface area contributed by atoms with Crippen LogP contribution in [0.4, 0.5) is 10.5 Å². The summed E-state index contributed by atoms with van der Waals surface area (Å²) in [6, 6.07) is 13.6. The summed E-state index contributed by atoms with van der Waals surface area (Å²) >= 11 is 0. The Bertz CT molecular complexity index is 715. The number of amides is 1. The number of non-ortho nitro benzene ring substituents is 1. The van der Waals surface area contributed by atoms with E-state index in [1.165, 1.54) is 24.3 Å². The maximum Gasteiger partial charge on any atom is 0.412 e. The van der Waals surface area contributed by atoms with E-state index in [0.29, 0.717) is 5.75 Å². The number of esters is 1. The molecule has 2 aromatic rings. The summed E-state index contributed by atoms with van der Waals surface area (Å²) < 4.78 is 9.94. The first kappa shape index (κ1) is 16.9. The third kappa shape index (κ3) is 5.09. The lowest BCUT2D eigenvalue weighted by molar-refractivity contribution is -0.384. The van der Waals surface area contributed by atoms with Crippen molar-refractivity contribution in [3.05, 3.63) is 70.3 Å². The van der Waals surface area contributed by atoms with Crippen molar-refractivity contribution in [1.82, 2.24) is 5.32 Å². The summed E-state index contributed by atoms with van der Waals surface area (Å²) in [7, 11) is 0. The van der Waals surface area contributed by atoms with Crippen LogP contribution in [-0.4, -0.2) is 30.1 Å². The van der Waals surface area contributed by atoms with Crippen molar-refractivity contribution in [2.24, 2.45) is 0 Å². The van der Waals surface area contributed by atoms with E-state index >= 15 is 0 Å². The van der Waals surface area contributed by atoms with Gasteiger partial charge in [0, 0.05) is 12.1 Å². The van der Waals surface area contributed by atoms with Gasteiger partial charge < -0.3 is 14.8 Å². The first-order valence-corrected chi connectivity index (χ1v) is 6.98. The second kappa shape index (κ2) is 8.28. The maximum absolute atomic E-state index is 11.7. The lowest BCUT2D eigenvalue weighted by Gasteiger charge is -2.07. The van der Waals surface area contributed by atoms with Gasteiger partial charge in [-0.1, -0.05) is 18.2 Å². The number of rotatable bonds is 6. The highest BCUT2D eigenvalue weighted by Gasteiger charge is 2.10. The van der Waals surface area contributed by atoms with Crippen LogP contribution in [0.3, 0.4) is 0 Å². The minimum absolute atomic E-state index is 0.0558. The van der Waals surface area contributed by atoms with Gasteiger partial charge >= 0.3 is 12.1 Å².